The number of benzene rings is 1. The van der Waals surface area contributed by atoms with Crippen LogP contribution in [0.1, 0.15) is 28.8 Å². The molecular weight excluding hydrogens is 552 g/mol. The van der Waals surface area contributed by atoms with Gasteiger partial charge in [-0.15, -0.1) is 0 Å². The lowest BCUT2D eigenvalue weighted by Crippen LogP contribution is -2.47. The largest absolute Gasteiger partial charge is 0.369 e. The molecule has 1 aliphatic heterocycles. The van der Waals surface area contributed by atoms with Crippen molar-refractivity contribution in [3.63, 3.8) is 0 Å². The maximum atomic E-state index is 13.9. The third-order valence-electron chi connectivity index (χ3n) is 8.24. The second kappa shape index (κ2) is 10.2. The molecule has 11 nitrogen and oxygen atoms in total. The van der Waals surface area contributed by atoms with Gasteiger partial charge in [0.2, 0.25) is 0 Å². The van der Waals surface area contributed by atoms with E-state index >= 15 is 0 Å². The molecule has 5 aromatic rings. The van der Waals surface area contributed by atoms with Crippen LogP contribution in [-0.4, -0.2) is 87.5 Å². The van der Waals surface area contributed by atoms with E-state index in [2.05, 4.69) is 32.3 Å². The highest BCUT2D eigenvalue weighted by Crippen LogP contribution is 2.37. The molecule has 2 fully saturated rings. The fraction of sp³-hybridized carbons (Fsp3) is 0.333. The van der Waals surface area contributed by atoms with Gasteiger partial charge < -0.3 is 15.1 Å². The summed E-state index contributed by atoms with van der Waals surface area (Å²) in [5.74, 6) is 1.11. The van der Waals surface area contributed by atoms with Gasteiger partial charge in [0.1, 0.15) is 12.1 Å². The number of amides is 1. The van der Waals surface area contributed by atoms with Gasteiger partial charge >= 0.3 is 0 Å². The molecule has 0 spiro atoms. The number of hydrogen-bond acceptors (Lipinski definition) is 8. The lowest BCUT2D eigenvalue weighted by Gasteiger charge is -2.32. The van der Waals surface area contributed by atoms with Gasteiger partial charge in [-0.2, -0.15) is 5.10 Å². The molecule has 1 aromatic carbocycles. The van der Waals surface area contributed by atoms with Crippen LogP contribution >= 0.6 is 0 Å². The molecule has 7 rings (SSSR count). The van der Waals surface area contributed by atoms with Gasteiger partial charge in [-0.3, -0.25) is 4.79 Å². The Hall–Kier alpha value is -4.29. The van der Waals surface area contributed by atoms with Gasteiger partial charge in [0, 0.05) is 50.7 Å². The number of anilines is 1. The Morgan fingerprint density at radius 2 is 1.81 bits per heavy atom. The van der Waals surface area contributed by atoms with Crippen LogP contribution in [0.5, 0.6) is 0 Å². The predicted molar refractivity (Wildman–Crippen MR) is 160 cm³/mol. The van der Waals surface area contributed by atoms with Crippen LogP contribution in [0, 0.1) is 12.8 Å². The number of rotatable bonds is 7. The highest BCUT2D eigenvalue weighted by Gasteiger charge is 2.28. The van der Waals surface area contributed by atoms with Crippen molar-refractivity contribution in [1.29, 1.82) is 0 Å². The number of piperazine rings is 1. The van der Waals surface area contributed by atoms with E-state index in [0.29, 0.717) is 52.5 Å². The summed E-state index contributed by atoms with van der Waals surface area (Å²) in [6, 6.07) is 10.6. The Bertz CT molecular complexity index is 1920. The van der Waals surface area contributed by atoms with Crippen LogP contribution in [0.3, 0.4) is 0 Å². The molecule has 1 N–H and O–H groups in total. The molecule has 5 heterocycles. The van der Waals surface area contributed by atoms with E-state index in [0.717, 1.165) is 30.8 Å². The second-order valence-electron chi connectivity index (χ2n) is 11.3. The Balaban J connectivity index is 1.37. The van der Waals surface area contributed by atoms with Crippen LogP contribution in [0.25, 0.3) is 27.7 Å². The molecule has 42 heavy (non-hydrogen) atoms. The van der Waals surface area contributed by atoms with E-state index in [1.165, 1.54) is 23.1 Å². The van der Waals surface area contributed by atoms with Crippen molar-refractivity contribution in [2.75, 3.05) is 45.1 Å². The SMILES string of the molecule is Cc1ccc(S(=O)(=O)n2cc(-c3ccn4ncc(C(=O)N5CCN(C)CC5)c4c3)c3c(NCC4CC4)ncnc32)cc1. The van der Waals surface area contributed by atoms with Gasteiger partial charge in [-0.25, -0.2) is 26.9 Å². The number of nitrogens with one attached hydrogen (secondary N) is 1. The second-order valence-corrected chi connectivity index (χ2v) is 13.1. The van der Waals surface area contributed by atoms with E-state index < -0.39 is 10.0 Å². The number of aromatic nitrogens is 5. The highest BCUT2D eigenvalue weighted by molar-refractivity contribution is 7.90. The number of nitrogens with zero attached hydrogens (tertiary/aromatic N) is 7. The van der Waals surface area contributed by atoms with Gasteiger partial charge in [0.15, 0.2) is 5.65 Å². The third kappa shape index (κ3) is 4.70. The molecule has 12 heteroatoms. The fourth-order valence-electron chi connectivity index (χ4n) is 5.45. The van der Waals surface area contributed by atoms with E-state index in [1.54, 1.807) is 47.4 Å². The zero-order valence-corrected chi connectivity index (χ0v) is 24.4. The van der Waals surface area contributed by atoms with E-state index in [-0.39, 0.29) is 10.8 Å². The van der Waals surface area contributed by atoms with Crippen molar-refractivity contribution in [1.82, 2.24) is 33.4 Å². The minimum Gasteiger partial charge on any atom is -0.369 e. The first-order chi connectivity index (χ1) is 20.3. The normalized spacial score (nSPS) is 16.4. The summed E-state index contributed by atoms with van der Waals surface area (Å²) in [5.41, 5.74) is 3.82. The summed E-state index contributed by atoms with van der Waals surface area (Å²) < 4.78 is 30.8. The Kier molecular flexibility index (Phi) is 6.47. The minimum atomic E-state index is -3.96. The first kappa shape index (κ1) is 26.6. The summed E-state index contributed by atoms with van der Waals surface area (Å²) >= 11 is 0. The fourth-order valence-corrected chi connectivity index (χ4v) is 6.77. The molecule has 216 valence electrons. The number of carbonyl (C=O) groups is 1. The smallest absolute Gasteiger partial charge is 0.269 e. The van der Waals surface area contributed by atoms with Gasteiger partial charge in [0.25, 0.3) is 15.9 Å². The molecule has 4 aromatic heterocycles. The Labute approximate surface area is 243 Å². The summed E-state index contributed by atoms with van der Waals surface area (Å²) in [6.45, 7) is 5.63. The van der Waals surface area contributed by atoms with Crippen molar-refractivity contribution in [3.05, 3.63) is 72.4 Å². The molecular formula is C30H32N8O3S. The monoisotopic (exact) mass is 584 g/mol. The number of hydrogen-bond donors (Lipinski definition) is 1. The van der Waals surface area contributed by atoms with Gasteiger partial charge in [0.05, 0.1) is 27.6 Å². The van der Waals surface area contributed by atoms with Crippen molar-refractivity contribution in [3.8, 4) is 11.1 Å². The molecule has 0 atom stereocenters. The number of likely N-dealkylation sites (N-methyl/N-ethyl adjacent to an activating group) is 1. The Morgan fingerprint density at radius 1 is 1.05 bits per heavy atom. The molecule has 1 amide bonds. The van der Waals surface area contributed by atoms with E-state index in [9.17, 15) is 13.2 Å². The summed E-state index contributed by atoms with van der Waals surface area (Å²) in [7, 11) is -1.91. The van der Waals surface area contributed by atoms with Crippen LogP contribution in [0.2, 0.25) is 0 Å². The topological polar surface area (TPSA) is 118 Å². The molecule has 1 saturated carbocycles. The maximum Gasteiger partial charge on any atom is 0.269 e. The molecule has 1 aliphatic carbocycles. The number of pyridine rings is 1. The summed E-state index contributed by atoms with van der Waals surface area (Å²) in [4.78, 5) is 26.7. The number of aryl methyl sites for hydroxylation is 1. The third-order valence-corrected chi connectivity index (χ3v) is 9.90. The summed E-state index contributed by atoms with van der Waals surface area (Å²) in [6.07, 6.45) is 8.75. The summed E-state index contributed by atoms with van der Waals surface area (Å²) in [5, 5.41) is 8.49. The maximum absolute atomic E-state index is 13.9. The number of carbonyl (C=O) groups excluding carboxylic acids is 1. The molecule has 2 aliphatic rings. The number of fused-ring (bicyclic) bond motifs is 2. The zero-order chi connectivity index (χ0) is 29.0. The van der Waals surface area contributed by atoms with Crippen molar-refractivity contribution in [2.45, 2.75) is 24.7 Å². The molecule has 0 unspecified atom stereocenters. The predicted octanol–water partition coefficient (Wildman–Crippen LogP) is 3.50. The van der Waals surface area contributed by atoms with Gasteiger partial charge in [-0.05, 0) is 62.6 Å². The van der Waals surface area contributed by atoms with Gasteiger partial charge in [-0.1, -0.05) is 17.7 Å². The first-order valence-electron chi connectivity index (χ1n) is 14.2. The van der Waals surface area contributed by atoms with Crippen LogP contribution in [0.15, 0.2) is 66.2 Å². The van der Waals surface area contributed by atoms with Crippen molar-refractivity contribution < 1.29 is 13.2 Å². The van der Waals surface area contributed by atoms with Crippen LogP contribution in [0.4, 0.5) is 5.82 Å². The van der Waals surface area contributed by atoms with Crippen molar-refractivity contribution >= 4 is 38.3 Å². The van der Waals surface area contributed by atoms with E-state index in [1.807, 2.05) is 24.0 Å². The lowest BCUT2D eigenvalue weighted by molar-refractivity contribution is 0.0666. The van der Waals surface area contributed by atoms with Crippen LogP contribution in [-0.2, 0) is 10.0 Å². The zero-order valence-electron chi connectivity index (χ0n) is 23.6. The average Bonchev–Trinajstić information content (AvgIpc) is 3.59. The van der Waals surface area contributed by atoms with Crippen molar-refractivity contribution in [2.24, 2.45) is 5.92 Å². The minimum absolute atomic E-state index is 0.0604. The standard InChI is InChI=1S/C30H32N8O3S/c1-20-3-7-23(8-4-20)42(40,41)38-18-25(27-28(31-16-21-5-6-21)32-19-33-29(27)38)22-9-10-37-26(15-22)24(17-34-37)30(39)36-13-11-35(2)12-14-36/h3-4,7-10,15,17-19,21H,5-6,11-14,16H2,1-2H3,(H,31,32,33). The Morgan fingerprint density at radius 3 is 2.55 bits per heavy atom. The first-order valence-corrected chi connectivity index (χ1v) is 15.6. The average molecular weight is 585 g/mol. The quantitative estimate of drug-likeness (QED) is 0.309. The van der Waals surface area contributed by atoms with Crippen LogP contribution < -0.4 is 5.32 Å². The molecule has 1 saturated heterocycles. The molecule has 0 radical (unpaired) electrons. The van der Waals surface area contributed by atoms with E-state index in [4.69, 9.17) is 0 Å². The lowest BCUT2D eigenvalue weighted by atomic mass is 10.1. The highest BCUT2D eigenvalue weighted by atomic mass is 32.2. The molecule has 0 bridgehead atoms.